The zero-order valence-corrected chi connectivity index (χ0v) is 10.5. The van der Waals surface area contributed by atoms with Crippen LogP contribution in [0.15, 0.2) is 18.2 Å². The minimum absolute atomic E-state index is 0.326. The molecule has 2 rings (SSSR count). The van der Waals surface area contributed by atoms with E-state index in [1.807, 2.05) is 32.9 Å². The average molecular weight is 220 g/mol. The van der Waals surface area contributed by atoms with Gasteiger partial charge in [-0.2, -0.15) is 0 Å². The van der Waals surface area contributed by atoms with Crippen LogP contribution in [0.4, 0.5) is 0 Å². The van der Waals surface area contributed by atoms with Gasteiger partial charge in [0, 0.05) is 0 Å². The first-order chi connectivity index (χ1) is 7.64. The second-order valence-corrected chi connectivity index (χ2v) is 4.31. The van der Waals surface area contributed by atoms with Crippen molar-refractivity contribution in [2.24, 2.45) is 0 Å². The largest absolute Gasteiger partial charge is 0.429 e. The van der Waals surface area contributed by atoms with Crippen LogP contribution in [0.3, 0.4) is 0 Å². The number of aryl methyl sites for hydroxylation is 1. The molecule has 0 saturated heterocycles. The first-order valence-corrected chi connectivity index (χ1v) is 5.86. The highest BCUT2D eigenvalue weighted by atomic mass is 16.5. The lowest BCUT2D eigenvalue weighted by Crippen LogP contribution is -2.01. The molecule has 0 radical (unpaired) electrons. The summed E-state index contributed by atoms with van der Waals surface area (Å²) in [6.45, 7) is 8.74. The molecule has 1 aromatic rings. The van der Waals surface area contributed by atoms with Gasteiger partial charge in [-0.1, -0.05) is 26.8 Å². The van der Waals surface area contributed by atoms with Gasteiger partial charge in [-0.15, -0.1) is 0 Å². The summed E-state index contributed by atoms with van der Waals surface area (Å²) in [4.78, 5) is 10.2. The summed E-state index contributed by atoms with van der Waals surface area (Å²) in [5, 5.41) is 0. The van der Waals surface area contributed by atoms with Gasteiger partial charge < -0.3 is 4.74 Å². The lowest BCUT2D eigenvalue weighted by molar-refractivity contribution is -0.120. The second-order valence-electron chi connectivity index (χ2n) is 4.31. The molecule has 0 bridgehead atoms. The summed E-state index contributed by atoms with van der Waals surface area (Å²) in [7, 11) is 0. The highest BCUT2D eigenvalue weighted by Gasteiger charge is 2.39. The Morgan fingerprint density at radius 2 is 1.88 bits per heavy atom. The van der Waals surface area contributed by atoms with Crippen molar-refractivity contribution in [3.05, 3.63) is 29.3 Å². The fourth-order valence-electron chi connectivity index (χ4n) is 1.70. The molecule has 0 amide bonds. The molecule has 0 spiro atoms. The van der Waals surface area contributed by atoms with Crippen LogP contribution >= 0.6 is 0 Å². The maximum Gasteiger partial charge on any atom is 0.298 e. The maximum atomic E-state index is 10.2. The number of hydrogen-bond donors (Lipinski definition) is 0. The van der Waals surface area contributed by atoms with Crippen LogP contribution in [0, 0.1) is 6.92 Å². The molecule has 0 atom stereocenters. The Kier molecular flexibility index (Phi) is 4.11. The van der Waals surface area contributed by atoms with Crippen molar-refractivity contribution < 1.29 is 9.53 Å². The number of ether oxygens (including phenoxy) is 1. The quantitative estimate of drug-likeness (QED) is 0.727. The molecule has 1 aliphatic carbocycles. The molecule has 16 heavy (non-hydrogen) atoms. The van der Waals surface area contributed by atoms with Gasteiger partial charge in [-0.3, -0.25) is 4.79 Å². The predicted molar refractivity (Wildman–Crippen MR) is 65.8 cm³/mol. The predicted octanol–water partition coefficient (Wildman–Crippen LogP) is 3.61. The van der Waals surface area contributed by atoms with Gasteiger partial charge >= 0.3 is 0 Å². The molecule has 1 saturated carbocycles. The summed E-state index contributed by atoms with van der Waals surface area (Å²) in [6, 6.07) is 6.02. The smallest absolute Gasteiger partial charge is 0.298 e. The fraction of sp³-hybridized carbons (Fsp3) is 0.500. The van der Waals surface area contributed by atoms with Crippen LogP contribution in [0.5, 0.6) is 5.75 Å². The van der Waals surface area contributed by atoms with Gasteiger partial charge in [0.2, 0.25) is 0 Å². The molecule has 0 heterocycles. The van der Waals surface area contributed by atoms with E-state index in [9.17, 15) is 4.79 Å². The third-order valence-corrected chi connectivity index (χ3v) is 2.93. The minimum Gasteiger partial charge on any atom is -0.429 e. The van der Waals surface area contributed by atoms with Crippen LogP contribution in [0.25, 0.3) is 0 Å². The summed E-state index contributed by atoms with van der Waals surface area (Å²) < 4.78 is 4.87. The van der Waals surface area contributed by atoms with E-state index in [1.54, 1.807) is 0 Å². The summed E-state index contributed by atoms with van der Waals surface area (Å²) in [5.41, 5.74) is 2.76. The van der Waals surface area contributed by atoms with Crippen molar-refractivity contribution in [2.75, 3.05) is 0 Å². The van der Waals surface area contributed by atoms with Gasteiger partial charge in [0.25, 0.3) is 6.47 Å². The summed E-state index contributed by atoms with van der Waals surface area (Å²) >= 11 is 0. The third kappa shape index (κ3) is 2.84. The Labute approximate surface area is 97.6 Å². The van der Waals surface area contributed by atoms with Crippen molar-refractivity contribution in [2.45, 2.75) is 46.0 Å². The number of rotatable bonds is 3. The second kappa shape index (κ2) is 5.15. The number of carbonyl (C=O) groups is 1. The Hall–Kier alpha value is -1.31. The normalized spacial score (nSPS) is 15.8. The van der Waals surface area contributed by atoms with Crippen molar-refractivity contribution >= 4 is 6.47 Å². The average Bonchev–Trinajstić information content (AvgIpc) is 3.01. The van der Waals surface area contributed by atoms with Gasteiger partial charge in [0.1, 0.15) is 5.75 Å². The van der Waals surface area contributed by atoms with E-state index >= 15 is 0 Å². The summed E-state index contributed by atoms with van der Waals surface area (Å²) in [6.07, 6.45) is 2.47. The van der Waals surface area contributed by atoms with Crippen molar-refractivity contribution in [1.82, 2.24) is 0 Å². The van der Waals surface area contributed by atoms with Crippen LogP contribution in [-0.4, -0.2) is 6.47 Å². The molecular weight excluding hydrogens is 200 g/mol. The molecule has 2 nitrogen and oxygen atoms in total. The molecule has 0 aliphatic heterocycles. The van der Waals surface area contributed by atoms with Crippen LogP contribution < -0.4 is 4.74 Å². The van der Waals surface area contributed by atoms with E-state index in [4.69, 9.17) is 4.74 Å². The molecular formula is C14H20O2. The molecule has 0 unspecified atom stereocenters. The molecule has 1 aromatic carbocycles. The maximum absolute atomic E-state index is 10.2. The van der Waals surface area contributed by atoms with E-state index in [2.05, 4.69) is 13.0 Å². The molecule has 0 aromatic heterocycles. The Bertz CT molecular complexity index is 365. The monoisotopic (exact) mass is 220 g/mol. The number of benzene rings is 1. The van der Waals surface area contributed by atoms with Crippen molar-refractivity contribution in [1.29, 1.82) is 0 Å². The zero-order chi connectivity index (χ0) is 12.2. The summed E-state index contributed by atoms with van der Waals surface area (Å²) in [5.74, 6) is 0.656. The Morgan fingerprint density at radius 3 is 2.38 bits per heavy atom. The lowest BCUT2D eigenvalue weighted by atomic mass is 9.96. The fourth-order valence-corrected chi connectivity index (χ4v) is 1.70. The van der Waals surface area contributed by atoms with Crippen molar-refractivity contribution in [3.8, 4) is 5.75 Å². The minimum atomic E-state index is 0.326. The van der Waals surface area contributed by atoms with E-state index in [-0.39, 0.29) is 0 Å². The third-order valence-electron chi connectivity index (χ3n) is 2.93. The van der Waals surface area contributed by atoms with Crippen LogP contribution in [-0.2, 0) is 10.2 Å². The Morgan fingerprint density at radius 1 is 1.25 bits per heavy atom. The lowest BCUT2D eigenvalue weighted by Gasteiger charge is -2.11. The van der Waals surface area contributed by atoms with Gasteiger partial charge in [-0.25, -0.2) is 0 Å². The SMILES string of the molecule is CC.Cc1cc(OC=O)cc(C2(C)CC2)c1. The molecule has 88 valence electrons. The molecule has 1 aliphatic rings. The van der Waals surface area contributed by atoms with Gasteiger partial charge in [0.05, 0.1) is 0 Å². The standard InChI is InChI=1S/C12H14O2.C2H6/c1-9-5-10(12(2)3-4-12)7-11(6-9)14-8-13;1-2/h5-8H,3-4H2,1-2H3;1-2H3. The Balaban J connectivity index is 0.000000606. The van der Waals surface area contributed by atoms with Gasteiger partial charge in [0.15, 0.2) is 0 Å². The zero-order valence-electron chi connectivity index (χ0n) is 10.5. The van der Waals surface area contributed by atoms with E-state index < -0.39 is 0 Å². The molecule has 2 heteroatoms. The highest BCUT2D eigenvalue weighted by molar-refractivity contribution is 5.48. The van der Waals surface area contributed by atoms with Gasteiger partial charge in [-0.05, 0) is 48.4 Å². The first-order valence-electron chi connectivity index (χ1n) is 5.86. The van der Waals surface area contributed by atoms with Crippen LogP contribution in [0.1, 0.15) is 44.7 Å². The highest BCUT2D eigenvalue weighted by Crippen LogP contribution is 2.48. The van der Waals surface area contributed by atoms with Crippen LogP contribution in [0.2, 0.25) is 0 Å². The van der Waals surface area contributed by atoms with Crippen molar-refractivity contribution in [3.63, 3.8) is 0 Å². The van der Waals surface area contributed by atoms with E-state index in [0.29, 0.717) is 17.6 Å². The number of carbonyl (C=O) groups excluding carboxylic acids is 1. The molecule has 1 fully saturated rings. The molecule has 0 N–H and O–H groups in total. The number of hydrogen-bond acceptors (Lipinski definition) is 2. The first kappa shape index (κ1) is 12.8. The topological polar surface area (TPSA) is 26.3 Å². The van der Waals surface area contributed by atoms with E-state index in [1.165, 1.54) is 18.4 Å². The van der Waals surface area contributed by atoms with E-state index in [0.717, 1.165) is 5.56 Å².